The lowest BCUT2D eigenvalue weighted by atomic mass is 10.2. The first kappa shape index (κ1) is 19.4. The minimum absolute atomic E-state index is 0.111. The van der Waals surface area contributed by atoms with E-state index in [1.165, 1.54) is 0 Å². The second-order valence-electron chi connectivity index (χ2n) is 5.86. The van der Waals surface area contributed by atoms with E-state index < -0.39 is 18.6 Å². The van der Waals surface area contributed by atoms with Crippen molar-refractivity contribution >= 4 is 16.9 Å². The lowest BCUT2D eigenvalue weighted by Crippen LogP contribution is -2.38. The number of hydrogen-bond donors (Lipinski definition) is 2. The van der Waals surface area contributed by atoms with E-state index >= 15 is 0 Å². The summed E-state index contributed by atoms with van der Waals surface area (Å²) < 4.78 is 54.6. The Balaban J connectivity index is 1.58. The third-order valence-corrected chi connectivity index (χ3v) is 3.83. The maximum absolute atomic E-state index is 12.8. The summed E-state index contributed by atoms with van der Waals surface area (Å²) in [6.07, 6.45) is -4.91. The van der Waals surface area contributed by atoms with Crippen molar-refractivity contribution in [3.8, 4) is 17.1 Å². The van der Waals surface area contributed by atoms with Crippen molar-refractivity contribution < 1.29 is 27.1 Å². The van der Waals surface area contributed by atoms with E-state index in [4.69, 9.17) is 4.74 Å². The SMILES string of the molecule is O=C(NCC(=CF)COc1ccc(-c2nc3ccccc3[nH]2)cc1)C(F)(F)F. The number of nitrogens with zero attached hydrogens (tertiary/aromatic N) is 1. The first-order valence-corrected chi connectivity index (χ1v) is 8.18. The molecular formula is C19H15F4N3O2. The van der Waals surface area contributed by atoms with Gasteiger partial charge >= 0.3 is 12.1 Å². The molecule has 2 aromatic carbocycles. The summed E-state index contributed by atoms with van der Waals surface area (Å²) in [5.41, 5.74) is 2.40. The fraction of sp³-hybridized carbons (Fsp3) is 0.158. The van der Waals surface area contributed by atoms with Crippen molar-refractivity contribution in [1.82, 2.24) is 15.3 Å². The van der Waals surface area contributed by atoms with Crippen molar-refractivity contribution in [3.05, 3.63) is 60.4 Å². The van der Waals surface area contributed by atoms with Gasteiger partial charge in [-0.1, -0.05) is 12.1 Å². The number of carbonyl (C=O) groups excluding carboxylic acids is 1. The number of rotatable bonds is 6. The van der Waals surface area contributed by atoms with E-state index in [0.29, 0.717) is 11.6 Å². The molecular weight excluding hydrogens is 378 g/mol. The average molecular weight is 393 g/mol. The molecule has 2 N–H and O–H groups in total. The van der Waals surface area contributed by atoms with Gasteiger partial charge in [0.25, 0.3) is 0 Å². The Bertz CT molecular complexity index is 961. The Kier molecular flexibility index (Phi) is 5.62. The molecule has 0 atom stereocenters. The molecule has 146 valence electrons. The first-order chi connectivity index (χ1) is 13.4. The summed E-state index contributed by atoms with van der Waals surface area (Å²) >= 11 is 0. The molecule has 0 spiro atoms. The maximum atomic E-state index is 12.8. The Morgan fingerprint density at radius 3 is 2.50 bits per heavy atom. The van der Waals surface area contributed by atoms with Crippen molar-refractivity contribution in [3.63, 3.8) is 0 Å². The highest BCUT2D eigenvalue weighted by Gasteiger charge is 2.38. The number of nitrogens with one attached hydrogen (secondary N) is 2. The Hall–Kier alpha value is -3.36. The molecule has 1 heterocycles. The predicted molar refractivity (Wildman–Crippen MR) is 95.3 cm³/mol. The Morgan fingerprint density at radius 2 is 1.86 bits per heavy atom. The summed E-state index contributed by atoms with van der Waals surface area (Å²) in [6.45, 7) is -0.912. The van der Waals surface area contributed by atoms with Gasteiger partial charge < -0.3 is 15.0 Å². The first-order valence-electron chi connectivity index (χ1n) is 8.18. The highest BCUT2D eigenvalue weighted by Crippen LogP contribution is 2.23. The zero-order valence-corrected chi connectivity index (χ0v) is 14.4. The maximum Gasteiger partial charge on any atom is 0.471 e. The number of amides is 1. The molecule has 0 saturated carbocycles. The van der Waals surface area contributed by atoms with Crippen LogP contribution >= 0.6 is 0 Å². The van der Waals surface area contributed by atoms with Crippen LogP contribution in [0.5, 0.6) is 5.75 Å². The van der Waals surface area contributed by atoms with Gasteiger partial charge in [-0.2, -0.15) is 13.2 Å². The van der Waals surface area contributed by atoms with Gasteiger partial charge in [0, 0.05) is 17.7 Å². The predicted octanol–water partition coefficient (Wildman–Crippen LogP) is 4.14. The molecule has 0 aliphatic rings. The van der Waals surface area contributed by atoms with E-state index in [1.807, 2.05) is 24.3 Å². The summed E-state index contributed by atoms with van der Waals surface area (Å²) in [7, 11) is 0. The summed E-state index contributed by atoms with van der Waals surface area (Å²) in [5, 5.41) is 1.59. The topological polar surface area (TPSA) is 67.0 Å². The number of ether oxygens (including phenoxy) is 1. The van der Waals surface area contributed by atoms with Gasteiger partial charge in [-0.15, -0.1) is 0 Å². The molecule has 1 aromatic heterocycles. The molecule has 0 aliphatic heterocycles. The van der Waals surface area contributed by atoms with Crippen molar-refractivity contribution in [2.75, 3.05) is 13.2 Å². The lowest BCUT2D eigenvalue weighted by molar-refractivity contribution is -0.173. The lowest BCUT2D eigenvalue weighted by Gasteiger charge is -2.11. The molecule has 3 rings (SSSR count). The quantitative estimate of drug-likeness (QED) is 0.619. The van der Waals surface area contributed by atoms with Gasteiger partial charge in [0.05, 0.1) is 17.4 Å². The second-order valence-corrected chi connectivity index (χ2v) is 5.86. The number of hydrogen-bond acceptors (Lipinski definition) is 3. The molecule has 9 heteroatoms. The summed E-state index contributed by atoms with van der Waals surface area (Å²) in [4.78, 5) is 18.4. The van der Waals surface area contributed by atoms with Crippen LogP contribution in [0.3, 0.4) is 0 Å². The van der Waals surface area contributed by atoms with Crippen molar-refractivity contribution in [2.45, 2.75) is 6.18 Å². The van der Waals surface area contributed by atoms with E-state index in [-0.39, 0.29) is 18.5 Å². The third-order valence-electron chi connectivity index (χ3n) is 3.83. The number of H-pyrrole nitrogens is 1. The number of aromatic amines is 1. The van der Waals surface area contributed by atoms with Crippen LogP contribution in [0.25, 0.3) is 22.4 Å². The largest absolute Gasteiger partial charge is 0.489 e. The molecule has 5 nitrogen and oxygen atoms in total. The van der Waals surface area contributed by atoms with Gasteiger partial charge in [-0.05, 0) is 36.4 Å². The fourth-order valence-electron chi connectivity index (χ4n) is 2.39. The van der Waals surface area contributed by atoms with E-state index in [2.05, 4.69) is 9.97 Å². The van der Waals surface area contributed by atoms with Crippen LogP contribution in [0.15, 0.2) is 60.4 Å². The van der Waals surface area contributed by atoms with Gasteiger partial charge in [0.2, 0.25) is 0 Å². The number of para-hydroxylation sites is 2. The molecule has 3 aromatic rings. The summed E-state index contributed by atoms with van der Waals surface area (Å²) in [6, 6.07) is 14.3. The van der Waals surface area contributed by atoms with E-state index in [9.17, 15) is 22.4 Å². The monoisotopic (exact) mass is 393 g/mol. The fourth-order valence-corrected chi connectivity index (χ4v) is 2.39. The van der Waals surface area contributed by atoms with E-state index in [1.54, 1.807) is 29.6 Å². The smallest absolute Gasteiger partial charge is 0.471 e. The zero-order chi connectivity index (χ0) is 20.1. The van der Waals surface area contributed by atoms with E-state index in [0.717, 1.165) is 16.6 Å². The minimum atomic E-state index is -5.02. The summed E-state index contributed by atoms with van der Waals surface area (Å²) in [5.74, 6) is -1.07. The normalized spacial score (nSPS) is 12.2. The van der Waals surface area contributed by atoms with Gasteiger partial charge in [-0.3, -0.25) is 4.79 Å². The minimum Gasteiger partial charge on any atom is -0.489 e. The number of fused-ring (bicyclic) bond motifs is 1. The molecule has 0 bridgehead atoms. The van der Waals surface area contributed by atoms with Gasteiger partial charge in [0.15, 0.2) is 0 Å². The van der Waals surface area contributed by atoms with Crippen molar-refractivity contribution in [1.29, 1.82) is 0 Å². The third kappa shape index (κ3) is 4.67. The van der Waals surface area contributed by atoms with Crippen LogP contribution < -0.4 is 10.1 Å². The average Bonchev–Trinajstić information content (AvgIpc) is 3.12. The number of halogens is 4. The van der Waals surface area contributed by atoms with Crippen LogP contribution in [0, 0.1) is 0 Å². The Labute approximate surface area is 157 Å². The van der Waals surface area contributed by atoms with Crippen LogP contribution in [0.4, 0.5) is 17.6 Å². The van der Waals surface area contributed by atoms with Crippen LogP contribution in [-0.2, 0) is 4.79 Å². The van der Waals surface area contributed by atoms with Crippen LogP contribution in [0.2, 0.25) is 0 Å². The molecule has 0 fully saturated rings. The highest BCUT2D eigenvalue weighted by atomic mass is 19.4. The number of imidazole rings is 1. The van der Waals surface area contributed by atoms with Gasteiger partial charge in [0.1, 0.15) is 18.2 Å². The van der Waals surface area contributed by atoms with Crippen molar-refractivity contribution in [2.24, 2.45) is 0 Å². The molecule has 28 heavy (non-hydrogen) atoms. The second kappa shape index (κ2) is 8.12. The Morgan fingerprint density at radius 1 is 1.14 bits per heavy atom. The highest BCUT2D eigenvalue weighted by molar-refractivity contribution is 5.82. The number of alkyl halides is 3. The number of aromatic nitrogens is 2. The standard InChI is InChI=1S/C19H15F4N3O2/c20-9-12(10-24-18(27)19(21,22)23)11-28-14-7-5-13(6-8-14)17-25-15-3-1-2-4-16(15)26-17/h1-9H,10-11H2,(H,24,27)(H,25,26). The number of benzene rings is 2. The molecule has 0 saturated heterocycles. The zero-order valence-electron chi connectivity index (χ0n) is 14.4. The number of carbonyl (C=O) groups is 1. The molecule has 0 unspecified atom stereocenters. The van der Waals surface area contributed by atoms with Gasteiger partial charge in [-0.25, -0.2) is 9.37 Å². The van der Waals surface area contributed by atoms with Crippen LogP contribution in [-0.4, -0.2) is 35.2 Å². The molecule has 0 aliphatic carbocycles. The molecule has 0 radical (unpaired) electrons. The van der Waals surface area contributed by atoms with Crippen LogP contribution in [0.1, 0.15) is 0 Å². The molecule has 1 amide bonds.